The van der Waals surface area contributed by atoms with Crippen LogP contribution in [0.3, 0.4) is 0 Å². The van der Waals surface area contributed by atoms with Crippen molar-refractivity contribution in [1.29, 1.82) is 0 Å². The van der Waals surface area contributed by atoms with Gasteiger partial charge in [0.2, 0.25) is 10.0 Å². The molecule has 146 valence electrons. The largest absolute Gasteiger partial charge is 0.298 e. The number of nitrogens with one attached hydrogen (secondary N) is 1. The van der Waals surface area contributed by atoms with Gasteiger partial charge in [-0.3, -0.25) is 15.0 Å². The third kappa shape index (κ3) is 5.13. The van der Waals surface area contributed by atoms with Crippen molar-refractivity contribution in [2.45, 2.75) is 31.2 Å². The number of nitro benzene ring substituents is 1. The first-order chi connectivity index (χ1) is 12.8. The van der Waals surface area contributed by atoms with Gasteiger partial charge in [0.25, 0.3) is 5.69 Å². The number of likely N-dealkylation sites (tertiary alicyclic amines) is 1. The van der Waals surface area contributed by atoms with E-state index in [0.717, 1.165) is 38.5 Å². The Labute approximate surface area is 163 Å². The van der Waals surface area contributed by atoms with Crippen LogP contribution in [0.4, 0.5) is 5.69 Å². The minimum absolute atomic E-state index is 0.0215. The van der Waals surface area contributed by atoms with Crippen LogP contribution >= 0.6 is 11.3 Å². The fraction of sp³-hybridized carbons (Fsp3) is 0.444. The van der Waals surface area contributed by atoms with E-state index in [1.54, 1.807) is 18.3 Å². The average Bonchev–Trinajstić information content (AvgIpc) is 3.14. The molecule has 0 amide bonds. The second-order valence-electron chi connectivity index (χ2n) is 6.86. The molecule has 27 heavy (non-hydrogen) atoms. The molecule has 1 aromatic carbocycles. The lowest BCUT2D eigenvalue weighted by molar-refractivity contribution is -0.385. The second-order valence-corrected chi connectivity index (χ2v) is 9.63. The molecule has 1 fully saturated rings. The molecule has 2 aromatic rings. The lowest BCUT2D eigenvalue weighted by Crippen LogP contribution is -2.38. The molecule has 0 bridgehead atoms. The zero-order chi connectivity index (χ0) is 19.4. The average molecular weight is 410 g/mol. The maximum atomic E-state index is 12.6. The van der Waals surface area contributed by atoms with Crippen molar-refractivity contribution in [2.75, 3.05) is 19.6 Å². The number of thiophene rings is 1. The maximum absolute atomic E-state index is 12.6. The smallest absolute Gasteiger partial charge is 0.270 e. The Balaban J connectivity index is 1.55. The van der Waals surface area contributed by atoms with Gasteiger partial charge in [-0.05, 0) is 55.8 Å². The lowest BCUT2D eigenvalue weighted by Gasteiger charge is -2.31. The number of nitrogens with zero attached hydrogens (tertiary/aromatic N) is 2. The van der Waals surface area contributed by atoms with E-state index in [9.17, 15) is 18.5 Å². The normalized spacial score (nSPS) is 16.5. The number of hydrogen-bond acceptors (Lipinski definition) is 6. The van der Waals surface area contributed by atoms with E-state index < -0.39 is 14.9 Å². The third-order valence-electron chi connectivity index (χ3n) is 4.90. The summed E-state index contributed by atoms with van der Waals surface area (Å²) >= 11 is 1.75. The molecule has 0 saturated carbocycles. The van der Waals surface area contributed by atoms with Crippen LogP contribution in [0.5, 0.6) is 0 Å². The topological polar surface area (TPSA) is 92.5 Å². The van der Waals surface area contributed by atoms with Gasteiger partial charge in [-0.2, -0.15) is 0 Å². The summed E-state index contributed by atoms with van der Waals surface area (Å²) in [5.74, 6) is 0.276. The number of nitro groups is 1. The van der Waals surface area contributed by atoms with Gasteiger partial charge in [0.05, 0.1) is 9.82 Å². The minimum Gasteiger partial charge on any atom is -0.298 e. The summed E-state index contributed by atoms with van der Waals surface area (Å²) in [7, 11) is -3.77. The van der Waals surface area contributed by atoms with E-state index in [1.165, 1.54) is 17.0 Å². The fourth-order valence-corrected chi connectivity index (χ4v) is 5.39. The number of non-ortho nitro benzene ring substituents is 1. The van der Waals surface area contributed by atoms with Crippen molar-refractivity contribution >= 4 is 27.0 Å². The molecule has 7 nitrogen and oxygen atoms in total. The third-order valence-corrected chi connectivity index (χ3v) is 7.33. The Morgan fingerprint density at radius 1 is 1.30 bits per heavy atom. The Kier molecular flexibility index (Phi) is 6.25. The highest BCUT2D eigenvalue weighted by molar-refractivity contribution is 7.89. The van der Waals surface area contributed by atoms with Gasteiger partial charge in [0, 0.05) is 30.1 Å². The Bertz CT molecular complexity index is 889. The molecule has 1 saturated heterocycles. The van der Waals surface area contributed by atoms with Crippen LogP contribution in [0.2, 0.25) is 0 Å². The van der Waals surface area contributed by atoms with E-state index in [2.05, 4.69) is 27.1 Å². The molecule has 2 heterocycles. The van der Waals surface area contributed by atoms with Crippen LogP contribution in [-0.4, -0.2) is 37.9 Å². The first kappa shape index (κ1) is 19.9. The highest BCUT2D eigenvalue weighted by atomic mass is 32.2. The number of hydrogen-bond donors (Lipinski definition) is 1. The van der Waals surface area contributed by atoms with E-state index in [-0.39, 0.29) is 16.5 Å². The van der Waals surface area contributed by atoms with E-state index in [4.69, 9.17) is 0 Å². The molecule has 0 unspecified atom stereocenters. The molecular weight excluding hydrogens is 386 g/mol. The molecule has 3 rings (SSSR count). The number of aryl methyl sites for hydroxylation is 1. The SMILES string of the molecule is Cc1ccc([N+](=O)[O-])cc1S(=O)(=O)NCC1CCN(Cc2cccs2)CC1. The molecule has 1 aliphatic heterocycles. The van der Waals surface area contributed by atoms with Gasteiger partial charge < -0.3 is 0 Å². The zero-order valence-corrected chi connectivity index (χ0v) is 16.8. The summed E-state index contributed by atoms with van der Waals surface area (Å²) in [6.45, 7) is 4.84. The van der Waals surface area contributed by atoms with Crippen LogP contribution < -0.4 is 4.72 Å². The number of benzene rings is 1. The number of rotatable bonds is 7. The Morgan fingerprint density at radius 3 is 2.67 bits per heavy atom. The van der Waals surface area contributed by atoms with Crippen molar-refractivity contribution in [2.24, 2.45) is 5.92 Å². The van der Waals surface area contributed by atoms with E-state index >= 15 is 0 Å². The highest BCUT2D eigenvalue weighted by Gasteiger charge is 2.24. The van der Waals surface area contributed by atoms with Crippen LogP contribution in [0.1, 0.15) is 23.3 Å². The first-order valence-electron chi connectivity index (χ1n) is 8.84. The second kappa shape index (κ2) is 8.47. The minimum atomic E-state index is -3.77. The van der Waals surface area contributed by atoms with Crippen molar-refractivity contribution < 1.29 is 13.3 Å². The number of piperidine rings is 1. The molecule has 1 aliphatic rings. The molecule has 1 aromatic heterocycles. The van der Waals surface area contributed by atoms with E-state index in [1.807, 2.05) is 0 Å². The Morgan fingerprint density at radius 2 is 2.04 bits per heavy atom. The highest BCUT2D eigenvalue weighted by Crippen LogP contribution is 2.23. The predicted octanol–water partition coefficient (Wildman–Crippen LogP) is 3.16. The molecule has 0 aliphatic carbocycles. The van der Waals surface area contributed by atoms with Crippen LogP contribution in [0, 0.1) is 23.0 Å². The number of sulfonamides is 1. The fourth-order valence-electron chi connectivity index (χ4n) is 3.27. The monoisotopic (exact) mass is 409 g/mol. The van der Waals surface area contributed by atoms with Crippen molar-refractivity contribution in [3.63, 3.8) is 0 Å². The summed E-state index contributed by atoms with van der Waals surface area (Å²) in [6.07, 6.45) is 1.86. The van der Waals surface area contributed by atoms with Gasteiger partial charge in [-0.1, -0.05) is 12.1 Å². The van der Waals surface area contributed by atoms with Gasteiger partial charge in [-0.15, -0.1) is 11.3 Å². The van der Waals surface area contributed by atoms with Crippen molar-refractivity contribution in [3.05, 3.63) is 56.3 Å². The Hall–Kier alpha value is -1.81. The van der Waals surface area contributed by atoms with Gasteiger partial charge >= 0.3 is 0 Å². The van der Waals surface area contributed by atoms with Crippen LogP contribution in [0.15, 0.2) is 40.6 Å². The molecule has 0 spiro atoms. The quantitative estimate of drug-likeness (QED) is 0.560. The first-order valence-corrected chi connectivity index (χ1v) is 11.2. The van der Waals surface area contributed by atoms with Crippen LogP contribution in [0.25, 0.3) is 0 Å². The predicted molar refractivity (Wildman–Crippen MR) is 105 cm³/mol. The van der Waals surface area contributed by atoms with Crippen molar-refractivity contribution in [1.82, 2.24) is 9.62 Å². The standard InChI is InChI=1S/C18H23N3O4S2/c1-14-4-5-16(21(22)23)11-18(14)27(24,25)19-12-15-6-8-20(9-7-15)13-17-3-2-10-26-17/h2-5,10-11,15,19H,6-9,12-13H2,1H3. The van der Waals surface area contributed by atoms with Gasteiger partial charge in [0.1, 0.15) is 0 Å². The summed E-state index contributed by atoms with van der Waals surface area (Å²) < 4.78 is 27.9. The maximum Gasteiger partial charge on any atom is 0.270 e. The molecule has 1 N–H and O–H groups in total. The summed E-state index contributed by atoms with van der Waals surface area (Å²) in [5.41, 5.74) is 0.279. The summed E-state index contributed by atoms with van der Waals surface area (Å²) in [4.78, 5) is 14.1. The molecule has 0 radical (unpaired) electrons. The van der Waals surface area contributed by atoms with Crippen molar-refractivity contribution in [3.8, 4) is 0 Å². The molecule has 9 heteroatoms. The van der Waals surface area contributed by atoms with Crippen LogP contribution in [-0.2, 0) is 16.6 Å². The molecule has 0 atom stereocenters. The van der Waals surface area contributed by atoms with Gasteiger partial charge in [-0.25, -0.2) is 13.1 Å². The zero-order valence-electron chi connectivity index (χ0n) is 15.1. The molecular formula is C18H23N3O4S2. The summed E-state index contributed by atoms with van der Waals surface area (Å²) in [6, 6.07) is 8.10. The van der Waals surface area contributed by atoms with E-state index in [0.29, 0.717) is 12.1 Å². The lowest BCUT2D eigenvalue weighted by atomic mass is 9.97. The van der Waals surface area contributed by atoms with Gasteiger partial charge in [0.15, 0.2) is 0 Å². The summed E-state index contributed by atoms with van der Waals surface area (Å²) in [5, 5.41) is 13.0.